The van der Waals surface area contributed by atoms with E-state index in [4.69, 9.17) is 10.2 Å². The highest BCUT2D eigenvalue weighted by molar-refractivity contribution is 5.85. The number of nitrogens with one attached hydrogen (secondary N) is 1. The Hall–Kier alpha value is -0.320. The van der Waals surface area contributed by atoms with Crippen molar-refractivity contribution in [3.8, 4) is 0 Å². The van der Waals surface area contributed by atoms with Crippen molar-refractivity contribution in [3.63, 3.8) is 0 Å². The molecular weight excluding hydrogens is 158 g/mol. The van der Waals surface area contributed by atoms with Gasteiger partial charge in [-0.05, 0) is 0 Å². The lowest BCUT2D eigenvalue weighted by Crippen LogP contribution is -2.25. The molecule has 2 atom stereocenters. The van der Waals surface area contributed by atoms with Gasteiger partial charge in [0.25, 0.3) is 0 Å². The first-order valence-electron chi connectivity index (χ1n) is 2.83. The van der Waals surface area contributed by atoms with Crippen molar-refractivity contribution in [1.29, 1.82) is 0 Å². The molecule has 4 nitrogen and oxygen atoms in total. The van der Waals surface area contributed by atoms with Gasteiger partial charge < -0.3 is 15.5 Å². The minimum atomic E-state index is -0.924. The van der Waals surface area contributed by atoms with E-state index in [1.54, 1.807) is 0 Å². The molecule has 10 heavy (non-hydrogen) atoms. The molecule has 1 aliphatic rings. The van der Waals surface area contributed by atoms with Crippen LogP contribution < -0.4 is 5.32 Å². The highest BCUT2D eigenvalue weighted by Gasteiger charge is 2.30. The number of β-amino-alcohol motifs (C(OH)–C–C–N with tert-alkyl or cyclic N) is 1. The van der Waals surface area contributed by atoms with Crippen LogP contribution in [0.3, 0.4) is 0 Å². The number of aliphatic hydroxyl groups is 1. The zero-order valence-corrected chi connectivity index (χ0v) is 6.10. The van der Waals surface area contributed by atoms with Crippen LogP contribution in [0, 0.1) is 5.92 Å². The summed E-state index contributed by atoms with van der Waals surface area (Å²) in [6, 6.07) is 0. The molecule has 60 valence electrons. The van der Waals surface area contributed by atoms with E-state index < -0.39 is 18.0 Å². The minimum absolute atomic E-state index is 0. The van der Waals surface area contributed by atoms with Crippen molar-refractivity contribution in [3.05, 3.63) is 0 Å². The van der Waals surface area contributed by atoms with Gasteiger partial charge in [0.1, 0.15) is 0 Å². The summed E-state index contributed by atoms with van der Waals surface area (Å²) in [5.74, 6) is -1.53. The predicted molar refractivity (Wildman–Crippen MR) is 37.3 cm³/mol. The fourth-order valence-electron chi connectivity index (χ4n) is 0.917. The van der Waals surface area contributed by atoms with E-state index in [9.17, 15) is 4.79 Å². The Morgan fingerprint density at radius 2 is 2.10 bits per heavy atom. The smallest absolute Gasteiger partial charge is 0.310 e. The van der Waals surface area contributed by atoms with Crippen LogP contribution in [0.4, 0.5) is 0 Å². The largest absolute Gasteiger partial charge is 0.481 e. The van der Waals surface area contributed by atoms with Crippen LogP contribution in [-0.2, 0) is 4.79 Å². The van der Waals surface area contributed by atoms with Crippen LogP contribution in [0.5, 0.6) is 0 Å². The number of carboxylic acids is 1. The summed E-state index contributed by atoms with van der Waals surface area (Å²) in [6.07, 6.45) is -0.706. The lowest BCUT2D eigenvalue weighted by molar-refractivity contribution is -0.143. The Morgan fingerprint density at radius 1 is 1.50 bits per heavy atom. The summed E-state index contributed by atoms with van der Waals surface area (Å²) in [6.45, 7) is 0.785. The molecular formula is C5H10ClNO3. The second kappa shape index (κ2) is 3.75. The third kappa shape index (κ3) is 1.83. The summed E-state index contributed by atoms with van der Waals surface area (Å²) < 4.78 is 0. The molecule has 1 heterocycles. The third-order valence-corrected chi connectivity index (χ3v) is 1.50. The molecule has 1 rings (SSSR count). The molecule has 1 aliphatic heterocycles. The van der Waals surface area contributed by atoms with Gasteiger partial charge in [-0.3, -0.25) is 4.79 Å². The topological polar surface area (TPSA) is 69.6 Å². The SMILES string of the molecule is Cl.O=C(O)C1CNCC1O. The molecule has 0 aliphatic carbocycles. The van der Waals surface area contributed by atoms with Crippen LogP contribution in [0.25, 0.3) is 0 Å². The van der Waals surface area contributed by atoms with Crippen molar-refractivity contribution in [2.45, 2.75) is 6.10 Å². The second-order valence-corrected chi connectivity index (χ2v) is 2.17. The molecule has 5 heteroatoms. The molecule has 0 aromatic rings. The first-order valence-corrected chi connectivity index (χ1v) is 2.83. The molecule has 0 amide bonds. The van der Waals surface area contributed by atoms with Gasteiger partial charge in [-0.1, -0.05) is 0 Å². The summed E-state index contributed by atoms with van der Waals surface area (Å²) in [5.41, 5.74) is 0. The molecule has 3 N–H and O–H groups in total. The second-order valence-electron chi connectivity index (χ2n) is 2.17. The van der Waals surface area contributed by atoms with E-state index in [2.05, 4.69) is 5.32 Å². The molecule has 0 spiro atoms. The van der Waals surface area contributed by atoms with Gasteiger partial charge in [0, 0.05) is 13.1 Å². The number of hydrogen-bond donors (Lipinski definition) is 3. The first kappa shape index (κ1) is 9.68. The lowest BCUT2D eigenvalue weighted by Gasteiger charge is -2.05. The number of hydrogen-bond acceptors (Lipinski definition) is 3. The summed E-state index contributed by atoms with van der Waals surface area (Å²) in [4.78, 5) is 10.2. The van der Waals surface area contributed by atoms with Gasteiger partial charge in [-0.2, -0.15) is 0 Å². The van der Waals surface area contributed by atoms with E-state index >= 15 is 0 Å². The quantitative estimate of drug-likeness (QED) is 0.472. The molecule has 1 fully saturated rings. The van der Waals surface area contributed by atoms with E-state index in [-0.39, 0.29) is 12.4 Å². The van der Waals surface area contributed by atoms with Crippen LogP contribution >= 0.6 is 12.4 Å². The predicted octanol–water partition coefficient (Wildman–Crippen LogP) is -0.927. The number of carbonyl (C=O) groups is 1. The monoisotopic (exact) mass is 167 g/mol. The fourth-order valence-corrected chi connectivity index (χ4v) is 0.917. The van der Waals surface area contributed by atoms with Crippen molar-refractivity contribution in [2.24, 2.45) is 5.92 Å². The minimum Gasteiger partial charge on any atom is -0.481 e. The molecule has 2 unspecified atom stereocenters. The van der Waals surface area contributed by atoms with Crippen molar-refractivity contribution >= 4 is 18.4 Å². The number of aliphatic carboxylic acids is 1. The number of carboxylic acid groups (broad SMARTS) is 1. The zero-order chi connectivity index (χ0) is 6.85. The fraction of sp³-hybridized carbons (Fsp3) is 0.800. The van der Waals surface area contributed by atoms with Gasteiger partial charge in [-0.25, -0.2) is 0 Å². The summed E-state index contributed by atoms with van der Waals surface area (Å²) in [7, 11) is 0. The standard InChI is InChI=1S/C5H9NO3.ClH/c7-4-2-6-1-3(4)5(8)9;/h3-4,6-7H,1-2H2,(H,8,9);1H. The Morgan fingerprint density at radius 3 is 2.30 bits per heavy atom. The van der Waals surface area contributed by atoms with Gasteiger partial charge >= 0.3 is 5.97 Å². The average Bonchev–Trinajstić information content (AvgIpc) is 2.13. The van der Waals surface area contributed by atoms with Crippen molar-refractivity contribution in [1.82, 2.24) is 5.32 Å². The highest BCUT2D eigenvalue weighted by Crippen LogP contribution is 2.07. The highest BCUT2D eigenvalue weighted by atomic mass is 35.5. The van der Waals surface area contributed by atoms with Crippen LogP contribution in [0.15, 0.2) is 0 Å². The maximum absolute atomic E-state index is 10.2. The van der Waals surface area contributed by atoms with E-state index in [0.717, 1.165) is 0 Å². The normalized spacial score (nSPS) is 31.3. The molecule has 1 saturated heterocycles. The molecule has 0 aromatic heterocycles. The average molecular weight is 168 g/mol. The molecule has 0 aromatic carbocycles. The Balaban J connectivity index is 0.000000810. The number of rotatable bonds is 1. The summed E-state index contributed by atoms with van der Waals surface area (Å²) in [5, 5.41) is 20.1. The first-order chi connectivity index (χ1) is 4.22. The van der Waals surface area contributed by atoms with Crippen LogP contribution in [0.1, 0.15) is 0 Å². The number of halogens is 1. The maximum atomic E-state index is 10.2. The van der Waals surface area contributed by atoms with Gasteiger partial charge in [-0.15, -0.1) is 12.4 Å². The van der Waals surface area contributed by atoms with Crippen LogP contribution in [0.2, 0.25) is 0 Å². The molecule has 0 bridgehead atoms. The third-order valence-electron chi connectivity index (χ3n) is 1.50. The molecule has 0 saturated carbocycles. The van der Waals surface area contributed by atoms with E-state index in [1.165, 1.54) is 0 Å². The lowest BCUT2D eigenvalue weighted by atomic mass is 10.1. The van der Waals surface area contributed by atoms with Crippen molar-refractivity contribution < 1.29 is 15.0 Å². The summed E-state index contributed by atoms with van der Waals surface area (Å²) >= 11 is 0. The van der Waals surface area contributed by atoms with Crippen LogP contribution in [-0.4, -0.2) is 35.4 Å². The Kier molecular flexibility index (Phi) is 3.63. The Bertz CT molecular complexity index is 130. The van der Waals surface area contributed by atoms with Gasteiger partial charge in [0.15, 0.2) is 0 Å². The van der Waals surface area contributed by atoms with E-state index in [0.29, 0.717) is 13.1 Å². The maximum Gasteiger partial charge on any atom is 0.310 e. The molecule has 0 radical (unpaired) electrons. The number of aliphatic hydroxyl groups excluding tert-OH is 1. The zero-order valence-electron chi connectivity index (χ0n) is 5.28. The van der Waals surface area contributed by atoms with Crippen molar-refractivity contribution in [2.75, 3.05) is 13.1 Å². The van der Waals surface area contributed by atoms with Gasteiger partial charge in [0.05, 0.1) is 12.0 Å². The van der Waals surface area contributed by atoms with E-state index in [1.807, 2.05) is 0 Å². The van der Waals surface area contributed by atoms with Gasteiger partial charge in [0.2, 0.25) is 0 Å². The Labute approximate surface area is 64.6 Å².